The fourth-order valence-electron chi connectivity index (χ4n) is 10.4. The number of thiophene rings is 1. The van der Waals surface area contributed by atoms with Crippen LogP contribution in [0.25, 0.3) is 42.8 Å². The molecular formula is C55H40N2S. The van der Waals surface area contributed by atoms with E-state index in [1.54, 1.807) is 0 Å². The Balaban J connectivity index is 1.08. The molecule has 0 N–H and O–H groups in total. The van der Waals surface area contributed by atoms with Gasteiger partial charge in [0.15, 0.2) is 0 Å². The predicted octanol–water partition coefficient (Wildman–Crippen LogP) is 15.3. The van der Waals surface area contributed by atoms with Gasteiger partial charge in [-0.05, 0) is 116 Å². The molecule has 0 saturated carbocycles. The van der Waals surface area contributed by atoms with Crippen molar-refractivity contribution >= 4 is 49.9 Å². The van der Waals surface area contributed by atoms with Gasteiger partial charge in [-0.1, -0.05) is 147 Å². The Labute approximate surface area is 343 Å². The molecule has 3 heteroatoms. The zero-order valence-electron chi connectivity index (χ0n) is 32.4. The van der Waals surface area contributed by atoms with E-state index in [1.807, 2.05) is 11.3 Å². The molecule has 58 heavy (non-hydrogen) atoms. The van der Waals surface area contributed by atoms with Gasteiger partial charge in [0.05, 0.1) is 6.04 Å². The van der Waals surface area contributed by atoms with Crippen molar-refractivity contribution in [1.82, 2.24) is 0 Å². The van der Waals surface area contributed by atoms with Crippen molar-refractivity contribution in [2.24, 2.45) is 0 Å². The van der Waals surface area contributed by atoms with Crippen LogP contribution in [0.15, 0.2) is 194 Å². The number of anilines is 5. The number of hydrogen-bond donors (Lipinski definition) is 0. The summed E-state index contributed by atoms with van der Waals surface area (Å²) < 4.78 is 1.35. The van der Waals surface area contributed by atoms with Crippen LogP contribution in [0.4, 0.5) is 28.4 Å². The first-order chi connectivity index (χ1) is 28.5. The van der Waals surface area contributed by atoms with Crippen LogP contribution in [-0.4, -0.2) is 0 Å². The molecule has 0 spiro atoms. The third kappa shape index (κ3) is 4.84. The van der Waals surface area contributed by atoms with Gasteiger partial charge in [0.25, 0.3) is 0 Å². The average molecular weight is 761 g/mol. The molecule has 2 nitrogen and oxygen atoms in total. The van der Waals surface area contributed by atoms with Gasteiger partial charge in [0.1, 0.15) is 0 Å². The monoisotopic (exact) mass is 760 g/mol. The zero-order chi connectivity index (χ0) is 38.5. The highest BCUT2D eigenvalue weighted by Gasteiger charge is 2.47. The summed E-state index contributed by atoms with van der Waals surface area (Å²) in [6, 6.07) is 72.4. The van der Waals surface area contributed by atoms with Gasteiger partial charge in [-0.2, -0.15) is 0 Å². The molecule has 2 atom stereocenters. The Hall–Kier alpha value is -6.68. The summed E-state index contributed by atoms with van der Waals surface area (Å²) in [6.45, 7) is 4.74. The number of para-hydroxylation sites is 1. The van der Waals surface area contributed by atoms with Crippen LogP contribution in [0.1, 0.15) is 53.6 Å². The largest absolute Gasteiger partial charge is 0.333 e. The lowest BCUT2D eigenvalue weighted by Crippen LogP contribution is -2.25. The molecule has 1 aromatic heterocycles. The molecule has 0 bridgehead atoms. The lowest BCUT2D eigenvalue weighted by molar-refractivity contribution is 0.657. The number of fused-ring (bicyclic) bond motifs is 13. The fourth-order valence-corrected chi connectivity index (χ4v) is 11.7. The van der Waals surface area contributed by atoms with Crippen molar-refractivity contribution < 1.29 is 0 Å². The van der Waals surface area contributed by atoms with Gasteiger partial charge in [-0.3, -0.25) is 0 Å². The van der Waals surface area contributed by atoms with E-state index in [2.05, 4.69) is 218 Å². The molecule has 8 aromatic carbocycles. The Morgan fingerprint density at radius 3 is 1.95 bits per heavy atom. The Morgan fingerprint density at radius 2 is 1.12 bits per heavy atom. The highest BCUT2D eigenvalue weighted by molar-refractivity contribution is 7.22. The van der Waals surface area contributed by atoms with E-state index in [-0.39, 0.29) is 17.4 Å². The SMILES string of the molecule is CC1(C)c2ccccc2-c2ccc(N(c3ccc(-c4ccccc4)cc3)c3ccc4c(c3)C3c5ccccc5-c5sc6ccccc6c5C3N4c3ccccc3)cc21. The van der Waals surface area contributed by atoms with Crippen molar-refractivity contribution in [2.45, 2.75) is 31.2 Å². The quantitative estimate of drug-likeness (QED) is 0.172. The minimum absolute atomic E-state index is 0.112. The summed E-state index contributed by atoms with van der Waals surface area (Å²) in [5.41, 5.74) is 19.3. The van der Waals surface area contributed by atoms with E-state index >= 15 is 0 Å². The van der Waals surface area contributed by atoms with Crippen molar-refractivity contribution in [2.75, 3.05) is 9.80 Å². The number of nitrogens with zero attached hydrogens (tertiary/aromatic N) is 2. The van der Waals surface area contributed by atoms with Crippen LogP contribution < -0.4 is 9.80 Å². The minimum Gasteiger partial charge on any atom is -0.333 e. The summed E-state index contributed by atoms with van der Waals surface area (Å²) in [4.78, 5) is 6.51. The number of hydrogen-bond acceptors (Lipinski definition) is 3. The fraction of sp³-hybridized carbons (Fsp3) is 0.0909. The second kappa shape index (κ2) is 12.7. The molecule has 0 saturated heterocycles. The first-order valence-electron chi connectivity index (χ1n) is 20.3. The molecule has 2 aliphatic carbocycles. The van der Waals surface area contributed by atoms with E-state index in [0.717, 1.165) is 17.1 Å². The summed E-state index contributed by atoms with van der Waals surface area (Å²) in [7, 11) is 0. The molecule has 2 heterocycles. The van der Waals surface area contributed by atoms with E-state index in [0.29, 0.717) is 0 Å². The standard InChI is InChI=1S/C55H40N2S/c1-55(2)47-23-13-11-19-41(47)42-31-29-40(34-48(42)55)56(38-27-25-36(26-28-38)35-15-5-3-6-16-35)39-30-32-49-46(33-39)51-43-20-9-10-21-44(43)54-52(45-22-12-14-24-50(45)58-54)53(51)57(49)37-17-7-4-8-18-37/h3-34,51,53H,1-2H3. The third-order valence-corrected chi connectivity index (χ3v) is 14.2. The van der Waals surface area contributed by atoms with Crippen LogP contribution in [0, 0.1) is 0 Å². The molecular weight excluding hydrogens is 721 g/mol. The lowest BCUT2D eigenvalue weighted by atomic mass is 9.76. The molecule has 2 unspecified atom stereocenters. The maximum atomic E-state index is 2.63. The summed E-state index contributed by atoms with van der Waals surface area (Å²) in [5.74, 6) is 0.146. The van der Waals surface area contributed by atoms with Crippen LogP contribution in [0.5, 0.6) is 0 Å². The molecule has 9 aromatic rings. The van der Waals surface area contributed by atoms with Gasteiger partial charge in [0, 0.05) is 54.9 Å². The van der Waals surface area contributed by atoms with E-state index in [1.165, 1.54) is 82.0 Å². The summed E-state index contributed by atoms with van der Waals surface area (Å²) >= 11 is 1.94. The first kappa shape index (κ1) is 33.5. The van der Waals surface area contributed by atoms with Gasteiger partial charge < -0.3 is 9.80 Å². The van der Waals surface area contributed by atoms with Gasteiger partial charge in [0.2, 0.25) is 0 Å². The third-order valence-electron chi connectivity index (χ3n) is 13.0. The van der Waals surface area contributed by atoms with Crippen LogP contribution in [0.3, 0.4) is 0 Å². The van der Waals surface area contributed by atoms with E-state index in [4.69, 9.17) is 0 Å². The van der Waals surface area contributed by atoms with Gasteiger partial charge >= 0.3 is 0 Å². The molecule has 1 aliphatic heterocycles. The highest BCUT2D eigenvalue weighted by atomic mass is 32.1. The van der Waals surface area contributed by atoms with Gasteiger partial charge in [-0.25, -0.2) is 0 Å². The maximum absolute atomic E-state index is 2.63. The Bertz CT molecular complexity index is 3050. The first-order valence-corrected chi connectivity index (χ1v) is 21.2. The zero-order valence-corrected chi connectivity index (χ0v) is 33.2. The minimum atomic E-state index is -0.112. The van der Waals surface area contributed by atoms with Crippen molar-refractivity contribution in [3.63, 3.8) is 0 Å². The molecule has 276 valence electrons. The lowest BCUT2D eigenvalue weighted by Gasteiger charge is -2.35. The van der Waals surface area contributed by atoms with E-state index < -0.39 is 0 Å². The topological polar surface area (TPSA) is 6.48 Å². The molecule has 3 aliphatic rings. The van der Waals surface area contributed by atoms with Gasteiger partial charge in [-0.15, -0.1) is 11.3 Å². The average Bonchev–Trinajstić information content (AvgIpc) is 3.91. The smallest absolute Gasteiger partial charge is 0.0722 e. The highest BCUT2D eigenvalue weighted by Crippen LogP contribution is 2.64. The Morgan fingerprint density at radius 1 is 0.500 bits per heavy atom. The molecule has 12 rings (SSSR count). The molecule has 0 amide bonds. The summed E-state index contributed by atoms with van der Waals surface area (Å²) in [6.07, 6.45) is 0. The second-order valence-electron chi connectivity index (χ2n) is 16.4. The molecule has 0 radical (unpaired) electrons. The van der Waals surface area contributed by atoms with Crippen LogP contribution >= 0.6 is 11.3 Å². The number of benzene rings is 8. The maximum Gasteiger partial charge on any atom is 0.0722 e. The predicted molar refractivity (Wildman–Crippen MR) is 245 cm³/mol. The van der Waals surface area contributed by atoms with Crippen LogP contribution in [-0.2, 0) is 5.41 Å². The normalized spacial score (nSPS) is 16.6. The van der Waals surface area contributed by atoms with Crippen molar-refractivity contribution in [1.29, 1.82) is 0 Å². The van der Waals surface area contributed by atoms with Crippen molar-refractivity contribution in [3.05, 3.63) is 222 Å². The van der Waals surface area contributed by atoms with E-state index in [9.17, 15) is 0 Å². The number of rotatable bonds is 5. The van der Waals surface area contributed by atoms with Crippen molar-refractivity contribution in [3.8, 4) is 32.7 Å². The second-order valence-corrected chi connectivity index (χ2v) is 17.5. The summed E-state index contributed by atoms with van der Waals surface area (Å²) in [5, 5.41) is 1.36. The van der Waals surface area contributed by atoms with Crippen LogP contribution in [0.2, 0.25) is 0 Å². The Kier molecular flexibility index (Phi) is 7.30. The molecule has 0 fully saturated rings.